The van der Waals surface area contributed by atoms with Crippen LogP contribution in [0.25, 0.3) is 0 Å². The lowest BCUT2D eigenvalue weighted by Crippen LogP contribution is -2.55. The molecule has 0 unspecified atom stereocenters. The molecule has 212 valence electrons. The normalized spacial score (nSPS) is 16.8. The molecule has 0 bridgehead atoms. The molecule has 0 aliphatic carbocycles. The summed E-state index contributed by atoms with van der Waals surface area (Å²) in [5, 5.41) is 5.45. The van der Waals surface area contributed by atoms with E-state index in [2.05, 4.69) is 15.4 Å². The summed E-state index contributed by atoms with van der Waals surface area (Å²) >= 11 is 0. The predicted molar refractivity (Wildman–Crippen MR) is 142 cm³/mol. The molecular weight excluding hydrogens is 511 g/mol. The fraction of sp³-hybridized carbons (Fsp3) is 0.483. The third-order valence-electron chi connectivity index (χ3n) is 6.29. The third-order valence-corrected chi connectivity index (χ3v) is 6.29. The van der Waals surface area contributed by atoms with Crippen molar-refractivity contribution in [3.63, 3.8) is 0 Å². The molecule has 3 amide bonds. The van der Waals surface area contributed by atoms with E-state index in [9.17, 15) is 27.6 Å². The molecule has 0 saturated heterocycles. The van der Waals surface area contributed by atoms with Crippen LogP contribution >= 0.6 is 0 Å². The van der Waals surface area contributed by atoms with E-state index in [0.29, 0.717) is 12.8 Å². The number of carbonyl (C=O) groups is 3. The van der Waals surface area contributed by atoms with Crippen molar-refractivity contribution in [1.82, 2.24) is 10.6 Å². The Balaban J connectivity index is 1.88. The van der Waals surface area contributed by atoms with Crippen LogP contribution in [-0.2, 0) is 27.2 Å². The largest absolute Gasteiger partial charge is 0.573 e. The van der Waals surface area contributed by atoms with Gasteiger partial charge in [0.05, 0.1) is 0 Å². The number of hydrogen-bond acceptors (Lipinski definition) is 4. The monoisotopic (exact) mass is 547 g/mol. The average Bonchev–Trinajstić information content (AvgIpc) is 2.94. The number of hydrogen-bond donors (Lipinski definition) is 2. The van der Waals surface area contributed by atoms with Crippen molar-refractivity contribution in [2.24, 2.45) is 5.41 Å². The molecule has 0 radical (unpaired) electrons. The SMILES string of the molecule is CC(C)N1C(=O)[C@H](NC(=O)[C@@H](Cc2ccccc2OC(F)(F)F)NC(=O)CC(C)(C)C)CCc2ccccc21. The van der Waals surface area contributed by atoms with Crippen LogP contribution in [0.5, 0.6) is 5.75 Å². The number of halogens is 3. The first-order chi connectivity index (χ1) is 18.1. The minimum Gasteiger partial charge on any atom is -0.406 e. The van der Waals surface area contributed by atoms with Gasteiger partial charge in [-0.2, -0.15) is 0 Å². The third kappa shape index (κ3) is 8.46. The van der Waals surface area contributed by atoms with Crippen LogP contribution in [0.2, 0.25) is 0 Å². The topological polar surface area (TPSA) is 87.7 Å². The molecule has 39 heavy (non-hydrogen) atoms. The Morgan fingerprint density at radius 2 is 1.69 bits per heavy atom. The van der Waals surface area contributed by atoms with Crippen molar-refractivity contribution in [2.45, 2.75) is 84.8 Å². The zero-order valence-electron chi connectivity index (χ0n) is 22.9. The van der Waals surface area contributed by atoms with Gasteiger partial charge in [0.1, 0.15) is 17.8 Å². The van der Waals surface area contributed by atoms with Gasteiger partial charge in [-0.25, -0.2) is 0 Å². The van der Waals surface area contributed by atoms with E-state index < -0.39 is 36.0 Å². The highest BCUT2D eigenvalue weighted by molar-refractivity contribution is 6.01. The first-order valence-electron chi connectivity index (χ1n) is 13.0. The maximum absolute atomic E-state index is 13.6. The quantitative estimate of drug-likeness (QED) is 0.491. The van der Waals surface area contributed by atoms with E-state index in [4.69, 9.17) is 0 Å². The summed E-state index contributed by atoms with van der Waals surface area (Å²) in [6.07, 6.45) is -4.22. The van der Waals surface area contributed by atoms with E-state index in [0.717, 1.165) is 17.3 Å². The molecule has 0 saturated carbocycles. The van der Waals surface area contributed by atoms with Gasteiger partial charge >= 0.3 is 6.36 Å². The summed E-state index contributed by atoms with van der Waals surface area (Å²) < 4.78 is 43.2. The molecule has 1 aliphatic rings. The summed E-state index contributed by atoms with van der Waals surface area (Å²) in [7, 11) is 0. The molecule has 10 heteroatoms. The van der Waals surface area contributed by atoms with Crippen LogP contribution < -0.4 is 20.3 Å². The van der Waals surface area contributed by atoms with Crippen molar-refractivity contribution in [3.8, 4) is 5.75 Å². The Hall–Kier alpha value is -3.56. The van der Waals surface area contributed by atoms with E-state index in [1.54, 1.807) is 4.90 Å². The van der Waals surface area contributed by atoms with E-state index in [1.165, 1.54) is 18.2 Å². The lowest BCUT2D eigenvalue weighted by atomic mass is 9.91. The number of para-hydroxylation sites is 2. The number of benzene rings is 2. The molecule has 2 N–H and O–H groups in total. The number of alkyl halides is 3. The summed E-state index contributed by atoms with van der Waals surface area (Å²) in [4.78, 5) is 41.6. The Labute approximate surface area is 227 Å². The molecule has 3 rings (SSSR count). The number of carbonyl (C=O) groups excluding carboxylic acids is 3. The second-order valence-corrected chi connectivity index (χ2v) is 11.2. The Morgan fingerprint density at radius 3 is 2.33 bits per heavy atom. The Kier molecular flexibility index (Phi) is 9.30. The number of anilines is 1. The average molecular weight is 548 g/mol. The van der Waals surface area contributed by atoms with Crippen LogP contribution in [0.15, 0.2) is 48.5 Å². The van der Waals surface area contributed by atoms with Gasteiger partial charge in [0, 0.05) is 24.6 Å². The van der Waals surface area contributed by atoms with Crippen LogP contribution in [0.4, 0.5) is 18.9 Å². The smallest absolute Gasteiger partial charge is 0.406 e. The molecule has 0 spiro atoms. The van der Waals surface area contributed by atoms with Gasteiger partial charge in [0.25, 0.3) is 0 Å². The number of aryl methyl sites for hydroxylation is 1. The highest BCUT2D eigenvalue weighted by Gasteiger charge is 2.36. The molecule has 2 atom stereocenters. The minimum absolute atomic E-state index is 0.0921. The highest BCUT2D eigenvalue weighted by Crippen LogP contribution is 2.30. The van der Waals surface area contributed by atoms with Crippen molar-refractivity contribution < 1.29 is 32.3 Å². The van der Waals surface area contributed by atoms with Crippen LogP contribution in [-0.4, -0.2) is 42.2 Å². The summed E-state index contributed by atoms with van der Waals surface area (Å²) in [5.74, 6) is -1.84. The van der Waals surface area contributed by atoms with Gasteiger partial charge in [0.15, 0.2) is 0 Å². The minimum atomic E-state index is -4.93. The fourth-order valence-electron chi connectivity index (χ4n) is 4.66. The van der Waals surface area contributed by atoms with Gasteiger partial charge in [-0.3, -0.25) is 14.4 Å². The summed E-state index contributed by atoms with van der Waals surface area (Å²) in [5.41, 5.74) is 1.46. The van der Waals surface area contributed by atoms with E-state index in [-0.39, 0.29) is 35.8 Å². The van der Waals surface area contributed by atoms with Crippen molar-refractivity contribution in [3.05, 3.63) is 59.7 Å². The number of nitrogens with zero attached hydrogens (tertiary/aromatic N) is 1. The van der Waals surface area contributed by atoms with Gasteiger partial charge < -0.3 is 20.3 Å². The second-order valence-electron chi connectivity index (χ2n) is 11.2. The predicted octanol–water partition coefficient (Wildman–Crippen LogP) is 4.92. The van der Waals surface area contributed by atoms with Crippen molar-refractivity contribution in [2.75, 3.05) is 4.90 Å². The molecule has 1 heterocycles. The molecule has 2 aromatic carbocycles. The Morgan fingerprint density at radius 1 is 1.05 bits per heavy atom. The lowest BCUT2D eigenvalue weighted by molar-refractivity contribution is -0.274. The lowest BCUT2D eigenvalue weighted by Gasteiger charge is -2.30. The maximum Gasteiger partial charge on any atom is 0.573 e. The summed E-state index contributed by atoms with van der Waals surface area (Å²) in [6.45, 7) is 9.33. The number of nitrogens with one attached hydrogen (secondary N) is 2. The summed E-state index contributed by atoms with van der Waals surface area (Å²) in [6, 6.07) is 10.7. The van der Waals surface area contributed by atoms with Crippen LogP contribution in [0.1, 0.15) is 58.6 Å². The van der Waals surface area contributed by atoms with Crippen LogP contribution in [0, 0.1) is 5.41 Å². The molecule has 2 aromatic rings. The fourth-order valence-corrected chi connectivity index (χ4v) is 4.66. The second kappa shape index (κ2) is 12.1. The molecule has 7 nitrogen and oxygen atoms in total. The van der Waals surface area contributed by atoms with Crippen LogP contribution in [0.3, 0.4) is 0 Å². The highest BCUT2D eigenvalue weighted by atomic mass is 19.4. The van der Waals surface area contributed by atoms with Crippen molar-refractivity contribution in [1.29, 1.82) is 0 Å². The van der Waals surface area contributed by atoms with Crippen molar-refractivity contribution >= 4 is 23.4 Å². The molecule has 0 aromatic heterocycles. The first-order valence-corrected chi connectivity index (χ1v) is 13.0. The molecule has 0 fully saturated rings. The first kappa shape index (κ1) is 30.0. The Bertz CT molecular complexity index is 1190. The zero-order chi connectivity index (χ0) is 29.0. The van der Waals surface area contributed by atoms with E-state index >= 15 is 0 Å². The zero-order valence-corrected chi connectivity index (χ0v) is 22.9. The standard InChI is InChI=1S/C29H36F3N3O4/c1-18(2)35-23-12-8-6-10-19(23)14-15-21(27(35)38)34-26(37)22(33-25(36)17-28(3,4)5)16-20-11-7-9-13-24(20)39-29(30,31)32/h6-13,18,21-22H,14-17H2,1-5H3,(H,33,36)(H,34,37)/t21-,22-/m1/s1. The van der Waals surface area contributed by atoms with Gasteiger partial charge in [0.2, 0.25) is 17.7 Å². The van der Waals surface area contributed by atoms with Gasteiger partial charge in [-0.15, -0.1) is 13.2 Å². The molecular formula is C29H36F3N3O4. The number of ether oxygens (including phenoxy) is 1. The number of rotatable bonds is 8. The van der Waals surface area contributed by atoms with E-state index in [1.807, 2.05) is 58.9 Å². The maximum atomic E-state index is 13.6. The number of amides is 3. The molecule has 1 aliphatic heterocycles. The number of fused-ring (bicyclic) bond motifs is 1. The van der Waals surface area contributed by atoms with Gasteiger partial charge in [-0.1, -0.05) is 57.2 Å². The van der Waals surface area contributed by atoms with Gasteiger partial charge in [-0.05, 0) is 55.4 Å².